The van der Waals surface area contributed by atoms with E-state index in [9.17, 15) is 4.39 Å². The molecule has 26 heavy (non-hydrogen) atoms. The van der Waals surface area contributed by atoms with Crippen molar-refractivity contribution in [2.75, 3.05) is 5.32 Å². The third-order valence-electron chi connectivity index (χ3n) is 5.52. The Morgan fingerprint density at radius 1 is 1.08 bits per heavy atom. The van der Waals surface area contributed by atoms with Gasteiger partial charge in [-0.1, -0.05) is 44.2 Å². The Morgan fingerprint density at radius 3 is 2.50 bits per heavy atom. The Labute approximate surface area is 154 Å². The van der Waals surface area contributed by atoms with E-state index in [1.54, 1.807) is 12.1 Å². The molecule has 3 aromatic rings. The van der Waals surface area contributed by atoms with Gasteiger partial charge in [0, 0.05) is 5.39 Å². The molecule has 0 spiro atoms. The van der Waals surface area contributed by atoms with Crippen molar-refractivity contribution in [3.8, 4) is 0 Å². The number of pyridine rings is 1. The van der Waals surface area contributed by atoms with Crippen LogP contribution in [0.3, 0.4) is 0 Å². The summed E-state index contributed by atoms with van der Waals surface area (Å²) in [7, 11) is 0. The largest absolute Gasteiger partial charge is 0.363 e. The predicted molar refractivity (Wildman–Crippen MR) is 106 cm³/mol. The zero-order valence-corrected chi connectivity index (χ0v) is 15.6. The number of anilines is 1. The smallest absolute Gasteiger partial charge is 0.130 e. The Hall–Kier alpha value is -2.42. The second-order valence-corrected chi connectivity index (χ2v) is 8.36. The van der Waals surface area contributed by atoms with Crippen LogP contribution < -0.4 is 5.32 Å². The van der Waals surface area contributed by atoms with E-state index in [0.29, 0.717) is 11.3 Å². The number of hydrogen-bond acceptors (Lipinski definition) is 2. The van der Waals surface area contributed by atoms with Crippen LogP contribution in [-0.2, 0) is 0 Å². The van der Waals surface area contributed by atoms with Crippen LogP contribution in [0.15, 0.2) is 54.6 Å². The third-order valence-corrected chi connectivity index (χ3v) is 5.52. The molecule has 0 aliphatic heterocycles. The minimum absolute atomic E-state index is 0.224. The maximum absolute atomic E-state index is 13.5. The molecule has 0 saturated heterocycles. The molecule has 1 fully saturated rings. The highest BCUT2D eigenvalue weighted by atomic mass is 19.1. The first-order valence-corrected chi connectivity index (χ1v) is 9.30. The lowest BCUT2D eigenvalue weighted by molar-refractivity contribution is 0.0811. The highest BCUT2D eigenvalue weighted by Gasteiger charge is 2.41. The number of nitrogens with one attached hydrogen (secondary N) is 1. The number of rotatable bonds is 4. The van der Waals surface area contributed by atoms with E-state index in [2.05, 4.69) is 49.5 Å². The average Bonchev–Trinajstić information content (AvgIpc) is 2.58. The Morgan fingerprint density at radius 2 is 1.81 bits per heavy atom. The summed E-state index contributed by atoms with van der Waals surface area (Å²) >= 11 is 0. The molecule has 0 bridgehead atoms. The second-order valence-electron chi connectivity index (χ2n) is 8.36. The first-order chi connectivity index (χ1) is 12.4. The van der Waals surface area contributed by atoms with E-state index in [1.165, 1.54) is 24.5 Å². The molecule has 1 saturated carbocycles. The molecule has 1 atom stereocenters. The van der Waals surface area contributed by atoms with Crippen molar-refractivity contribution in [2.24, 2.45) is 11.3 Å². The Bertz CT molecular complexity index is 926. The summed E-state index contributed by atoms with van der Waals surface area (Å²) in [6.45, 7) is 6.70. The molecule has 1 aliphatic rings. The maximum atomic E-state index is 13.5. The molecule has 1 aromatic heterocycles. The molecule has 1 N–H and O–H groups in total. The minimum Gasteiger partial charge on any atom is -0.363 e. The van der Waals surface area contributed by atoms with Crippen molar-refractivity contribution < 1.29 is 4.39 Å². The molecule has 0 amide bonds. The molecule has 2 aromatic carbocycles. The second kappa shape index (κ2) is 6.39. The van der Waals surface area contributed by atoms with Crippen LogP contribution in [0.1, 0.15) is 43.9 Å². The van der Waals surface area contributed by atoms with Crippen LogP contribution in [0.4, 0.5) is 10.2 Å². The van der Waals surface area contributed by atoms with E-state index in [4.69, 9.17) is 4.98 Å². The van der Waals surface area contributed by atoms with Gasteiger partial charge in [0.25, 0.3) is 0 Å². The van der Waals surface area contributed by atoms with E-state index < -0.39 is 0 Å². The van der Waals surface area contributed by atoms with Crippen molar-refractivity contribution in [1.82, 2.24) is 4.98 Å². The molecule has 1 heterocycles. The number of benzene rings is 2. The van der Waals surface area contributed by atoms with Gasteiger partial charge in [0.05, 0.1) is 11.6 Å². The Balaban J connectivity index is 1.68. The molecule has 1 unspecified atom stereocenters. The normalized spacial score (nSPS) is 17.7. The highest BCUT2D eigenvalue weighted by Crippen LogP contribution is 2.51. The molecule has 0 radical (unpaired) electrons. The zero-order chi connectivity index (χ0) is 18.3. The van der Waals surface area contributed by atoms with E-state index >= 15 is 0 Å². The van der Waals surface area contributed by atoms with Gasteiger partial charge in [0.2, 0.25) is 0 Å². The zero-order valence-electron chi connectivity index (χ0n) is 15.6. The fourth-order valence-electron chi connectivity index (χ4n) is 4.28. The fraction of sp³-hybridized carbons (Fsp3) is 0.348. The van der Waals surface area contributed by atoms with Gasteiger partial charge in [0.15, 0.2) is 0 Å². The average molecular weight is 348 g/mol. The van der Waals surface area contributed by atoms with E-state index in [-0.39, 0.29) is 11.9 Å². The monoisotopic (exact) mass is 348 g/mol. The van der Waals surface area contributed by atoms with Gasteiger partial charge in [-0.2, -0.15) is 0 Å². The number of nitrogens with zero attached hydrogens (tertiary/aromatic N) is 1. The minimum atomic E-state index is -0.224. The van der Waals surface area contributed by atoms with Crippen molar-refractivity contribution in [3.05, 3.63) is 71.5 Å². The number of aromatic nitrogens is 1. The summed E-state index contributed by atoms with van der Waals surface area (Å²) in [6, 6.07) is 17.6. The molecule has 134 valence electrons. The SMILES string of the molecule is Cc1cc2cc(F)ccc2nc1NC(c1ccccc1)C1CC(C)(C)C1. The number of halogens is 1. The number of hydrogen-bond donors (Lipinski definition) is 1. The summed E-state index contributed by atoms with van der Waals surface area (Å²) in [6.07, 6.45) is 2.41. The quantitative estimate of drug-likeness (QED) is 0.601. The summed E-state index contributed by atoms with van der Waals surface area (Å²) in [4.78, 5) is 4.78. The first-order valence-electron chi connectivity index (χ1n) is 9.30. The van der Waals surface area contributed by atoms with Crippen LogP contribution in [0.25, 0.3) is 10.9 Å². The van der Waals surface area contributed by atoms with Crippen molar-refractivity contribution in [3.63, 3.8) is 0 Å². The molecule has 4 rings (SSSR count). The summed E-state index contributed by atoms with van der Waals surface area (Å²) in [5.74, 6) is 1.26. The number of aryl methyl sites for hydroxylation is 1. The molecule has 2 nitrogen and oxygen atoms in total. The van der Waals surface area contributed by atoms with Crippen LogP contribution in [0.2, 0.25) is 0 Å². The fourth-order valence-corrected chi connectivity index (χ4v) is 4.28. The van der Waals surface area contributed by atoms with Crippen LogP contribution in [0, 0.1) is 24.1 Å². The van der Waals surface area contributed by atoms with Gasteiger partial charge in [-0.25, -0.2) is 9.37 Å². The predicted octanol–water partition coefficient (Wildman–Crippen LogP) is 6.27. The lowest BCUT2D eigenvalue weighted by Gasteiger charge is -2.47. The highest BCUT2D eigenvalue weighted by molar-refractivity contribution is 5.81. The van der Waals surface area contributed by atoms with Crippen molar-refractivity contribution >= 4 is 16.7 Å². The summed E-state index contributed by atoms with van der Waals surface area (Å²) in [5.41, 5.74) is 3.58. The summed E-state index contributed by atoms with van der Waals surface area (Å²) < 4.78 is 13.5. The van der Waals surface area contributed by atoms with E-state index in [1.807, 2.05) is 13.0 Å². The van der Waals surface area contributed by atoms with Crippen molar-refractivity contribution in [1.29, 1.82) is 0 Å². The van der Waals surface area contributed by atoms with Crippen LogP contribution >= 0.6 is 0 Å². The van der Waals surface area contributed by atoms with Gasteiger partial charge >= 0.3 is 0 Å². The van der Waals surface area contributed by atoms with Gasteiger partial charge in [-0.15, -0.1) is 0 Å². The molecule has 1 aliphatic carbocycles. The molecular formula is C23H25FN2. The topological polar surface area (TPSA) is 24.9 Å². The third kappa shape index (κ3) is 3.31. The standard InChI is InChI=1S/C23H25FN2/c1-15-11-17-12-19(24)9-10-20(17)25-22(15)26-21(16-7-5-4-6-8-16)18-13-23(2,3)14-18/h4-12,18,21H,13-14H2,1-3H3,(H,25,26). The lowest BCUT2D eigenvalue weighted by atomic mass is 9.61. The van der Waals surface area contributed by atoms with Crippen LogP contribution in [-0.4, -0.2) is 4.98 Å². The first kappa shape index (κ1) is 17.0. The molecular weight excluding hydrogens is 323 g/mol. The number of fused-ring (bicyclic) bond motifs is 1. The van der Waals surface area contributed by atoms with Crippen molar-refractivity contribution in [2.45, 2.75) is 39.7 Å². The summed E-state index contributed by atoms with van der Waals surface area (Å²) in [5, 5.41) is 4.55. The molecule has 3 heteroatoms. The lowest BCUT2D eigenvalue weighted by Crippen LogP contribution is -2.38. The van der Waals surface area contributed by atoms with E-state index in [0.717, 1.165) is 22.3 Å². The van der Waals surface area contributed by atoms with Gasteiger partial charge in [-0.05, 0) is 66.5 Å². The van der Waals surface area contributed by atoms with Gasteiger partial charge < -0.3 is 5.32 Å². The maximum Gasteiger partial charge on any atom is 0.130 e. The Kier molecular flexibility index (Phi) is 4.18. The van der Waals surface area contributed by atoms with Gasteiger partial charge in [0.1, 0.15) is 11.6 Å². The van der Waals surface area contributed by atoms with Gasteiger partial charge in [-0.3, -0.25) is 0 Å². The van der Waals surface area contributed by atoms with Crippen LogP contribution in [0.5, 0.6) is 0 Å².